The largest absolute Gasteiger partial charge is 0.396 e. The normalized spacial score (nSPS) is 21.8. The zero-order valence-corrected chi connectivity index (χ0v) is 10.5. The van der Waals surface area contributed by atoms with Gasteiger partial charge in [-0.3, -0.25) is 4.79 Å². The summed E-state index contributed by atoms with van der Waals surface area (Å²) in [5.74, 6) is 0.294. The highest BCUT2D eigenvalue weighted by Gasteiger charge is 2.23. The van der Waals surface area contributed by atoms with Crippen molar-refractivity contribution in [2.24, 2.45) is 0 Å². The quantitative estimate of drug-likeness (QED) is 0.871. The second-order valence-electron chi connectivity index (χ2n) is 4.80. The Morgan fingerprint density at radius 2 is 2.11 bits per heavy atom. The fourth-order valence-electron chi connectivity index (χ4n) is 2.43. The average molecular weight is 248 g/mol. The molecule has 3 heteroatoms. The van der Waals surface area contributed by atoms with Gasteiger partial charge in [-0.1, -0.05) is 30.3 Å². The van der Waals surface area contributed by atoms with Crippen molar-refractivity contribution in [2.75, 3.05) is 6.61 Å². The van der Waals surface area contributed by atoms with Crippen LogP contribution in [-0.4, -0.2) is 23.6 Å². The third-order valence-corrected chi connectivity index (χ3v) is 3.36. The molecular weight excluding hydrogens is 228 g/mol. The molecule has 1 aromatic carbocycles. The summed E-state index contributed by atoms with van der Waals surface area (Å²) in [6.45, 7) is 0.0974. The van der Waals surface area contributed by atoms with Gasteiger partial charge in [0.25, 0.3) is 0 Å². The maximum Gasteiger partial charge on any atom is 0.135 e. The van der Waals surface area contributed by atoms with Gasteiger partial charge in [-0.15, -0.1) is 0 Å². The van der Waals surface area contributed by atoms with Crippen LogP contribution in [0.15, 0.2) is 30.3 Å². The first kappa shape index (κ1) is 13.2. The highest BCUT2D eigenvalue weighted by molar-refractivity contribution is 5.79. The minimum absolute atomic E-state index is 0.0167. The van der Waals surface area contributed by atoms with Gasteiger partial charge in [0.15, 0.2) is 0 Å². The Morgan fingerprint density at radius 3 is 2.78 bits per heavy atom. The third kappa shape index (κ3) is 3.65. The van der Waals surface area contributed by atoms with Crippen molar-refractivity contribution in [1.29, 1.82) is 0 Å². The van der Waals surface area contributed by atoms with Crippen molar-refractivity contribution in [1.82, 2.24) is 0 Å². The molecular formula is C15H20O3. The Hall–Kier alpha value is -1.19. The Bertz CT molecular complexity index is 375. The van der Waals surface area contributed by atoms with Gasteiger partial charge >= 0.3 is 0 Å². The minimum atomic E-state index is -0.105. The lowest BCUT2D eigenvalue weighted by molar-refractivity contribution is -0.127. The van der Waals surface area contributed by atoms with Crippen molar-refractivity contribution >= 4 is 5.78 Å². The number of hydrogen-bond acceptors (Lipinski definition) is 3. The molecule has 0 unspecified atom stereocenters. The summed E-state index contributed by atoms with van der Waals surface area (Å²) in [5, 5.41) is 9.13. The molecule has 1 aromatic rings. The van der Waals surface area contributed by atoms with E-state index in [0.29, 0.717) is 25.0 Å². The summed E-state index contributed by atoms with van der Waals surface area (Å²) in [6.07, 6.45) is 3.57. The van der Waals surface area contributed by atoms with Crippen molar-refractivity contribution in [3.8, 4) is 0 Å². The van der Waals surface area contributed by atoms with Crippen LogP contribution in [0.25, 0.3) is 0 Å². The van der Waals surface area contributed by atoms with E-state index in [1.165, 1.54) is 0 Å². The van der Waals surface area contributed by atoms with Crippen LogP contribution in [0.4, 0.5) is 0 Å². The van der Waals surface area contributed by atoms with Crippen LogP contribution in [0.2, 0.25) is 0 Å². The van der Waals surface area contributed by atoms with E-state index in [1.54, 1.807) is 0 Å². The monoisotopic (exact) mass is 248 g/mol. The fourth-order valence-corrected chi connectivity index (χ4v) is 2.43. The van der Waals surface area contributed by atoms with E-state index in [1.807, 2.05) is 30.3 Å². The van der Waals surface area contributed by atoms with E-state index in [4.69, 9.17) is 9.84 Å². The summed E-state index contributed by atoms with van der Waals surface area (Å²) in [7, 11) is 0. The summed E-state index contributed by atoms with van der Waals surface area (Å²) in [6, 6.07) is 9.91. The van der Waals surface area contributed by atoms with Gasteiger partial charge in [0, 0.05) is 25.9 Å². The number of carbonyl (C=O) groups excluding carboxylic acids is 1. The molecule has 0 aliphatic heterocycles. The first-order valence-electron chi connectivity index (χ1n) is 6.62. The Morgan fingerprint density at radius 1 is 1.33 bits per heavy atom. The lowest BCUT2D eigenvalue weighted by atomic mass is 9.96. The summed E-state index contributed by atoms with van der Waals surface area (Å²) in [5.41, 5.74) is 1.07. The van der Waals surface area contributed by atoms with Crippen molar-refractivity contribution in [3.63, 3.8) is 0 Å². The predicted octanol–water partition coefficient (Wildman–Crippen LogP) is 2.64. The van der Waals surface area contributed by atoms with Crippen molar-refractivity contribution < 1.29 is 14.6 Å². The van der Waals surface area contributed by atoms with E-state index in [9.17, 15) is 4.79 Å². The van der Waals surface area contributed by atoms with Crippen LogP contribution in [0.1, 0.15) is 43.8 Å². The first-order chi connectivity index (χ1) is 8.79. The maximum absolute atomic E-state index is 11.4. The zero-order valence-electron chi connectivity index (χ0n) is 10.5. The Balaban J connectivity index is 2.00. The number of rotatable bonds is 5. The molecule has 1 aliphatic rings. The smallest absolute Gasteiger partial charge is 0.135 e. The third-order valence-electron chi connectivity index (χ3n) is 3.36. The van der Waals surface area contributed by atoms with Crippen molar-refractivity contribution in [2.45, 2.75) is 44.3 Å². The Labute approximate surface area is 108 Å². The molecule has 0 spiro atoms. The van der Waals surface area contributed by atoms with E-state index in [0.717, 1.165) is 18.4 Å². The molecule has 98 valence electrons. The predicted molar refractivity (Wildman–Crippen MR) is 69.2 cm³/mol. The van der Waals surface area contributed by atoms with Crippen LogP contribution in [0, 0.1) is 0 Å². The lowest BCUT2D eigenvalue weighted by Gasteiger charge is -2.27. The standard InChI is InChI=1S/C15H20O3/c16-10-9-15(12-5-2-1-3-6-12)18-14-8-4-7-13(17)11-14/h1-3,5-6,14-16H,4,7-11H2/t14-,15+/m0/s1. The maximum atomic E-state index is 11.4. The van der Waals surface area contributed by atoms with E-state index >= 15 is 0 Å². The van der Waals surface area contributed by atoms with Crippen LogP contribution >= 0.6 is 0 Å². The summed E-state index contributed by atoms with van der Waals surface area (Å²) < 4.78 is 6.01. The minimum Gasteiger partial charge on any atom is -0.396 e. The molecule has 1 fully saturated rings. The van der Waals surface area contributed by atoms with Gasteiger partial charge < -0.3 is 9.84 Å². The molecule has 0 saturated heterocycles. The van der Waals surface area contributed by atoms with E-state index < -0.39 is 0 Å². The van der Waals surface area contributed by atoms with Crippen LogP contribution < -0.4 is 0 Å². The van der Waals surface area contributed by atoms with Crippen molar-refractivity contribution in [3.05, 3.63) is 35.9 Å². The molecule has 0 aromatic heterocycles. The SMILES string of the molecule is O=C1CCC[C@H](O[C@H](CCO)c2ccccc2)C1. The molecule has 1 N–H and O–H groups in total. The topological polar surface area (TPSA) is 46.5 Å². The molecule has 1 aliphatic carbocycles. The fraction of sp³-hybridized carbons (Fsp3) is 0.533. The van der Waals surface area contributed by atoms with E-state index in [2.05, 4.69) is 0 Å². The number of ketones is 1. The zero-order chi connectivity index (χ0) is 12.8. The first-order valence-corrected chi connectivity index (χ1v) is 6.62. The molecule has 2 rings (SSSR count). The van der Waals surface area contributed by atoms with Crippen LogP contribution in [0.3, 0.4) is 0 Å². The van der Waals surface area contributed by atoms with E-state index in [-0.39, 0.29) is 18.8 Å². The second-order valence-corrected chi connectivity index (χ2v) is 4.80. The van der Waals surface area contributed by atoms with Gasteiger partial charge in [-0.25, -0.2) is 0 Å². The van der Waals surface area contributed by atoms with Crippen LogP contribution in [0.5, 0.6) is 0 Å². The molecule has 0 bridgehead atoms. The number of carbonyl (C=O) groups is 1. The Kier molecular flexibility index (Phi) is 4.90. The molecule has 0 amide bonds. The molecule has 2 atom stereocenters. The number of benzene rings is 1. The lowest BCUT2D eigenvalue weighted by Crippen LogP contribution is -2.25. The van der Waals surface area contributed by atoms with Gasteiger partial charge in [0.1, 0.15) is 5.78 Å². The highest BCUT2D eigenvalue weighted by Crippen LogP contribution is 2.27. The second kappa shape index (κ2) is 6.66. The number of aliphatic hydroxyl groups excluding tert-OH is 1. The number of aliphatic hydroxyl groups is 1. The molecule has 0 radical (unpaired) electrons. The van der Waals surface area contributed by atoms with Crippen LogP contribution in [-0.2, 0) is 9.53 Å². The molecule has 18 heavy (non-hydrogen) atoms. The van der Waals surface area contributed by atoms with Gasteiger partial charge in [-0.2, -0.15) is 0 Å². The molecule has 3 nitrogen and oxygen atoms in total. The summed E-state index contributed by atoms with van der Waals surface area (Å²) in [4.78, 5) is 11.4. The highest BCUT2D eigenvalue weighted by atomic mass is 16.5. The van der Waals surface area contributed by atoms with Gasteiger partial charge in [0.2, 0.25) is 0 Å². The number of hydrogen-bond donors (Lipinski definition) is 1. The number of Topliss-reactive ketones (excluding diaryl/α,β-unsaturated/α-hetero) is 1. The van der Waals surface area contributed by atoms with Gasteiger partial charge in [-0.05, 0) is 18.4 Å². The summed E-state index contributed by atoms with van der Waals surface area (Å²) >= 11 is 0. The van der Waals surface area contributed by atoms with Gasteiger partial charge in [0.05, 0.1) is 12.2 Å². The number of ether oxygens (including phenoxy) is 1. The molecule has 0 heterocycles. The average Bonchev–Trinajstić information content (AvgIpc) is 2.39. The molecule has 1 saturated carbocycles.